The lowest BCUT2D eigenvalue weighted by Crippen LogP contribution is -2.39. The molecule has 3 N–H and O–H groups in total. The van der Waals surface area contributed by atoms with Crippen LogP contribution in [0, 0.1) is 5.92 Å². The number of hydrogen-bond acceptors (Lipinski definition) is 3. The molecule has 0 aromatic heterocycles. The van der Waals surface area contributed by atoms with E-state index < -0.39 is 0 Å². The Morgan fingerprint density at radius 3 is 2.55 bits per heavy atom. The Hall–Kier alpha value is -0.120. The van der Waals surface area contributed by atoms with E-state index in [2.05, 4.69) is 12.2 Å². The van der Waals surface area contributed by atoms with Gasteiger partial charge in [0.25, 0.3) is 0 Å². The Morgan fingerprint density at radius 2 is 2.18 bits per heavy atom. The standard InChI is InChI=1S/C8H20N2O/c1-4-7(5-10-2)8(9)6-11-3/h7-8,10H,4-6,9H2,1-3H3. The molecule has 68 valence electrons. The number of hydrogen-bond donors (Lipinski definition) is 2. The third-order valence-electron chi connectivity index (χ3n) is 1.96. The van der Waals surface area contributed by atoms with Gasteiger partial charge >= 0.3 is 0 Å². The van der Waals surface area contributed by atoms with Crippen LogP contribution in [0.3, 0.4) is 0 Å². The smallest absolute Gasteiger partial charge is 0.0616 e. The van der Waals surface area contributed by atoms with Gasteiger partial charge in [0.15, 0.2) is 0 Å². The highest BCUT2D eigenvalue weighted by atomic mass is 16.5. The molecular formula is C8H20N2O. The molecule has 0 bridgehead atoms. The zero-order chi connectivity index (χ0) is 8.69. The number of methoxy groups -OCH3 is 1. The van der Waals surface area contributed by atoms with Crippen molar-refractivity contribution in [2.75, 3.05) is 27.3 Å². The predicted octanol–water partition coefficient (Wildman–Crippen LogP) is 0.206. The van der Waals surface area contributed by atoms with Crippen molar-refractivity contribution in [3.63, 3.8) is 0 Å². The molecule has 0 amide bonds. The zero-order valence-corrected chi connectivity index (χ0v) is 7.76. The van der Waals surface area contributed by atoms with Crippen LogP contribution in [0.1, 0.15) is 13.3 Å². The fourth-order valence-corrected chi connectivity index (χ4v) is 1.19. The third-order valence-corrected chi connectivity index (χ3v) is 1.96. The highest BCUT2D eigenvalue weighted by molar-refractivity contribution is 4.72. The summed E-state index contributed by atoms with van der Waals surface area (Å²) in [6.45, 7) is 3.78. The average molecular weight is 160 g/mol. The van der Waals surface area contributed by atoms with Gasteiger partial charge < -0.3 is 15.8 Å². The second kappa shape index (κ2) is 6.58. The fourth-order valence-electron chi connectivity index (χ4n) is 1.19. The second-order valence-corrected chi connectivity index (χ2v) is 2.85. The molecule has 0 aliphatic heterocycles. The van der Waals surface area contributed by atoms with Crippen molar-refractivity contribution in [3.05, 3.63) is 0 Å². The van der Waals surface area contributed by atoms with E-state index in [0.29, 0.717) is 12.5 Å². The minimum atomic E-state index is 0.164. The van der Waals surface area contributed by atoms with Crippen molar-refractivity contribution in [1.82, 2.24) is 5.32 Å². The molecule has 0 spiro atoms. The van der Waals surface area contributed by atoms with E-state index in [1.807, 2.05) is 7.05 Å². The molecule has 2 unspecified atom stereocenters. The Bertz CT molecular complexity index is 88.2. The maximum Gasteiger partial charge on any atom is 0.0616 e. The van der Waals surface area contributed by atoms with Gasteiger partial charge in [-0.05, 0) is 19.5 Å². The van der Waals surface area contributed by atoms with E-state index in [4.69, 9.17) is 10.5 Å². The molecule has 11 heavy (non-hydrogen) atoms. The van der Waals surface area contributed by atoms with E-state index in [0.717, 1.165) is 13.0 Å². The van der Waals surface area contributed by atoms with Crippen LogP contribution in [0.5, 0.6) is 0 Å². The van der Waals surface area contributed by atoms with E-state index in [1.165, 1.54) is 0 Å². The minimum Gasteiger partial charge on any atom is -0.383 e. The molecule has 0 rings (SSSR count). The third kappa shape index (κ3) is 4.35. The lowest BCUT2D eigenvalue weighted by molar-refractivity contribution is 0.155. The van der Waals surface area contributed by atoms with Crippen molar-refractivity contribution in [3.8, 4) is 0 Å². The van der Waals surface area contributed by atoms with Gasteiger partial charge in [-0.25, -0.2) is 0 Å². The highest BCUT2D eigenvalue weighted by Crippen LogP contribution is 2.05. The van der Waals surface area contributed by atoms with Gasteiger partial charge in [0.2, 0.25) is 0 Å². The van der Waals surface area contributed by atoms with E-state index >= 15 is 0 Å². The molecule has 0 aliphatic carbocycles. The van der Waals surface area contributed by atoms with Gasteiger partial charge in [0.1, 0.15) is 0 Å². The average Bonchev–Trinajstić information content (AvgIpc) is 2.00. The summed E-state index contributed by atoms with van der Waals surface area (Å²) in [5, 5.41) is 3.12. The van der Waals surface area contributed by atoms with Crippen LogP contribution in [0.25, 0.3) is 0 Å². The lowest BCUT2D eigenvalue weighted by Gasteiger charge is -2.21. The predicted molar refractivity (Wildman–Crippen MR) is 47.6 cm³/mol. The summed E-state index contributed by atoms with van der Waals surface area (Å²) in [6.07, 6.45) is 1.10. The number of nitrogens with two attached hydrogens (primary N) is 1. The normalized spacial score (nSPS) is 16.4. The van der Waals surface area contributed by atoms with Crippen LogP contribution in [0.2, 0.25) is 0 Å². The van der Waals surface area contributed by atoms with Gasteiger partial charge in [0, 0.05) is 13.2 Å². The zero-order valence-electron chi connectivity index (χ0n) is 7.76. The lowest BCUT2D eigenvalue weighted by atomic mass is 9.98. The maximum atomic E-state index is 5.86. The van der Waals surface area contributed by atoms with Crippen molar-refractivity contribution in [2.45, 2.75) is 19.4 Å². The van der Waals surface area contributed by atoms with Crippen molar-refractivity contribution < 1.29 is 4.74 Å². The summed E-state index contributed by atoms with van der Waals surface area (Å²) in [4.78, 5) is 0. The van der Waals surface area contributed by atoms with Crippen LogP contribution >= 0.6 is 0 Å². The first-order valence-corrected chi connectivity index (χ1v) is 4.15. The Kier molecular flexibility index (Phi) is 6.51. The van der Waals surface area contributed by atoms with Gasteiger partial charge in [-0.15, -0.1) is 0 Å². The van der Waals surface area contributed by atoms with E-state index in [1.54, 1.807) is 7.11 Å². The molecule has 3 nitrogen and oxygen atoms in total. The molecule has 0 aromatic carbocycles. The van der Waals surface area contributed by atoms with Crippen molar-refractivity contribution in [1.29, 1.82) is 0 Å². The van der Waals surface area contributed by atoms with E-state index in [9.17, 15) is 0 Å². The number of ether oxygens (including phenoxy) is 1. The van der Waals surface area contributed by atoms with Crippen LogP contribution < -0.4 is 11.1 Å². The summed E-state index contributed by atoms with van der Waals surface area (Å²) in [5.74, 6) is 0.528. The number of nitrogens with one attached hydrogen (secondary N) is 1. The molecule has 0 aromatic rings. The highest BCUT2D eigenvalue weighted by Gasteiger charge is 2.13. The molecule has 0 aliphatic rings. The molecule has 0 saturated heterocycles. The summed E-state index contributed by atoms with van der Waals surface area (Å²) in [7, 11) is 3.63. The molecule has 0 heterocycles. The monoisotopic (exact) mass is 160 g/mol. The molecule has 3 heteroatoms. The Labute approximate surface area is 69.3 Å². The summed E-state index contributed by atoms with van der Waals surface area (Å²) in [5.41, 5.74) is 5.86. The molecule has 0 saturated carbocycles. The first kappa shape index (κ1) is 10.9. The maximum absolute atomic E-state index is 5.86. The van der Waals surface area contributed by atoms with Crippen molar-refractivity contribution in [2.24, 2.45) is 11.7 Å². The molecule has 0 fully saturated rings. The van der Waals surface area contributed by atoms with Gasteiger partial charge in [0.05, 0.1) is 6.61 Å². The largest absolute Gasteiger partial charge is 0.383 e. The molecule has 2 atom stereocenters. The summed E-state index contributed by atoms with van der Waals surface area (Å²) in [6, 6.07) is 0.164. The first-order chi connectivity index (χ1) is 5.26. The molecule has 0 radical (unpaired) electrons. The van der Waals surface area contributed by atoms with Crippen molar-refractivity contribution >= 4 is 0 Å². The SMILES string of the molecule is CCC(CNC)C(N)COC. The summed E-state index contributed by atoms with van der Waals surface area (Å²) < 4.78 is 4.98. The van der Waals surface area contributed by atoms with Crippen LogP contribution in [0.15, 0.2) is 0 Å². The van der Waals surface area contributed by atoms with Crippen LogP contribution in [-0.4, -0.2) is 33.4 Å². The Morgan fingerprint density at radius 1 is 1.55 bits per heavy atom. The minimum absolute atomic E-state index is 0.164. The van der Waals surface area contributed by atoms with Crippen LogP contribution in [0.4, 0.5) is 0 Å². The van der Waals surface area contributed by atoms with Gasteiger partial charge in [-0.2, -0.15) is 0 Å². The number of rotatable bonds is 6. The first-order valence-electron chi connectivity index (χ1n) is 4.15. The van der Waals surface area contributed by atoms with E-state index in [-0.39, 0.29) is 6.04 Å². The van der Waals surface area contributed by atoms with Gasteiger partial charge in [-0.3, -0.25) is 0 Å². The fraction of sp³-hybridized carbons (Fsp3) is 1.00. The van der Waals surface area contributed by atoms with Gasteiger partial charge in [-0.1, -0.05) is 13.3 Å². The van der Waals surface area contributed by atoms with Crippen LogP contribution in [-0.2, 0) is 4.74 Å². The topological polar surface area (TPSA) is 47.3 Å². The quantitative estimate of drug-likeness (QED) is 0.584. The summed E-state index contributed by atoms with van der Waals surface area (Å²) >= 11 is 0. The second-order valence-electron chi connectivity index (χ2n) is 2.85. The Balaban J connectivity index is 3.61. The molecular weight excluding hydrogens is 140 g/mol.